The Bertz CT molecular complexity index is 474. The Balaban J connectivity index is 2.34. The van der Waals surface area contributed by atoms with E-state index >= 15 is 0 Å². The average molecular weight is 225 g/mol. The van der Waals surface area contributed by atoms with Crippen LogP contribution in [0.25, 0.3) is 6.08 Å². The van der Waals surface area contributed by atoms with E-state index in [4.69, 9.17) is 4.42 Å². The van der Waals surface area contributed by atoms with Crippen molar-refractivity contribution in [3.8, 4) is 5.75 Å². The summed E-state index contributed by atoms with van der Waals surface area (Å²) in [5.41, 5.74) is 0. The van der Waals surface area contributed by atoms with E-state index in [2.05, 4.69) is 5.32 Å². The largest absolute Gasteiger partial charge is 0.504 e. The number of aromatic hydroxyl groups is 1. The topological polar surface area (TPSA) is 79.5 Å². The van der Waals surface area contributed by atoms with Gasteiger partial charge in [-0.15, -0.1) is 0 Å². The summed E-state index contributed by atoms with van der Waals surface area (Å²) in [6, 6.07) is 1.44. The third-order valence-electron chi connectivity index (χ3n) is 1.77. The van der Waals surface area contributed by atoms with Crippen LogP contribution in [0.2, 0.25) is 0 Å². The number of amides is 2. The molecule has 0 aliphatic carbocycles. The van der Waals surface area contributed by atoms with Crippen LogP contribution in [0.3, 0.4) is 0 Å². The molecule has 0 radical (unpaired) electrons. The average Bonchev–Trinajstić information content (AvgIpc) is 2.58. The molecule has 5 nitrogen and oxygen atoms in total. The van der Waals surface area contributed by atoms with Gasteiger partial charge in [-0.2, -0.15) is 0 Å². The normalized spacial score (nSPS) is 18.6. The zero-order valence-electron chi connectivity index (χ0n) is 7.73. The third-order valence-corrected chi connectivity index (χ3v) is 2.58. The highest BCUT2D eigenvalue weighted by atomic mass is 32.2. The van der Waals surface area contributed by atoms with Gasteiger partial charge in [0.2, 0.25) is 0 Å². The lowest BCUT2D eigenvalue weighted by atomic mass is 10.3. The molecule has 1 aromatic rings. The summed E-state index contributed by atoms with van der Waals surface area (Å²) in [5.74, 6) is 0.195. The first-order valence-electron chi connectivity index (χ1n) is 4.10. The molecule has 0 saturated carbocycles. The van der Waals surface area contributed by atoms with E-state index < -0.39 is 11.1 Å². The molecule has 2 amide bonds. The fourth-order valence-electron chi connectivity index (χ4n) is 1.16. The number of hydrogen-bond donors (Lipinski definition) is 2. The van der Waals surface area contributed by atoms with E-state index in [0.717, 1.165) is 11.8 Å². The molecule has 0 atom stereocenters. The minimum atomic E-state index is -0.474. The van der Waals surface area contributed by atoms with Gasteiger partial charge in [-0.05, 0) is 18.7 Å². The predicted octanol–water partition coefficient (Wildman–Crippen LogP) is 1.62. The van der Waals surface area contributed by atoms with Crippen LogP contribution in [0.5, 0.6) is 5.75 Å². The predicted molar refractivity (Wildman–Crippen MR) is 54.2 cm³/mol. The van der Waals surface area contributed by atoms with Gasteiger partial charge in [-0.1, -0.05) is 0 Å². The van der Waals surface area contributed by atoms with Gasteiger partial charge < -0.3 is 9.52 Å². The van der Waals surface area contributed by atoms with E-state index in [1.165, 1.54) is 12.1 Å². The molecule has 0 unspecified atom stereocenters. The minimum Gasteiger partial charge on any atom is -0.504 e. The standard InChI is InChI=1S/C9H7NO4S/c1-4-2-5(11)6(14-4)3-7-8(12)10-9(13)15-7/h2-3,11H,1H3,(H,10,12,13)/b7-3-. The molecule has 1 aliphatic heterocycles. The van der Waals surface area contributed by atoms with Crippen molar-refractivity contribution in [1.29, 1.82) is 0 Å². The quantitative estimate of drug-likeness (QED) is 0.710. The van der Waals surface area contributed by atoms with Crippen LogP contribution in [0.1, 0.15) is 11.5 Å². The van der Waals surface area contributed by atoms with Crippen molar-refractivity contribution in [3.63, 3.8) is 0 Å². The summed E-state index contributed by atoms with van der Waals surface area (Å²) in [7, 11) is 0. The molecule has 2 N–H and O–H groups in total. The van der Waals surface area contributed by atoms with Crippen LogP contribution in [-0.2, 0) is 4.79 Å². The number of nitrogens with one attached hydrogen (secondary N) is 1. The van der Waals surface area contributed by atoms with E-state index in [1.807, 2.05) is 0 Å². The number of rotatable bonds is 1. The highest BCUT2D eigenvalue weighted by Gasteiger charge is 2.25. The van der Waals surface area contributed by atoms with Crippen LogP contribution >= 0.6 is 11.8 Å². The van der Waals surface area contributed by atoms with Crippen LogP contribution < -0.4 is 5.32 Å². The summed E-state index contributed by atoms with van der Waals surface area (Å²) >= 11 is 0.777. The van der Waals surface area contributed by atoms with E-state index in [0.29, 0.717) is 5.76 Å². The summed E-state index contributed by atoms with van der Waals surface area (Å²) in [4.78, 5) is 22.2. The van der Waals surface area contributed by atoms with Crippen molar-refractivity contribution in [2.24, 2.45) is 0 Å². The minimum absolute atomic E-state index is 0.0484. The number of carbonyl (C=O) groups is 2. The zero-order valence-corrected chi connectivity index (χ0v) is 8.55. The number of hydrogen-bond acceptors (Lipinski definition) is 5. The molecule has 1 saturated heterocycles. The molecule has 78 valence electrons. The first kappa shape index (κ1) is 9.85. The molecule has 2 heterocycles. The molecule has 0 spiro atoms. The molecule has 1 fully saturated rings. The van der Waals surface area contributed by atoms with Crippen LogP contribution in [0, 0.1) is 6.92 Å². The van der Waals surface area contributed by atoms with Crippen molar-refractivity contribution in [3.05, 3.63) is 22.5 Å². The Hall–Kier alpha value is -1.69. The number of imide groups is 1. The van der Waals surface area contributed by atoms with Gasteiger partial charge in [0.1, 0.15) is 5.76 Å². The molecule has 0 bridgehead atoms. The Kier molecular flexibility index (Phi) is 2.28. The van der Waals surface area contributed by atoms with E-state index in [1.54, 1.807) is 6.92 Å². The first-order chi connectivity index (χ1) is 7.06. The Labute approximate surface area is 89.1 Å². The van der Waals surface area contributed by atoms with Crippen molar-refractivity contribution in [1.82, 2.24) is 5.32 Å². The molecular formula is C9H7NO4S. The van der Waals surface area contributed by atoms with Gasteiger partial charge >= 0.3 is 0 Å². The van der Waals surface area contributed by atoms with Gasteiger partial charge in [-0.25, -0.2) is 0 Å². The van der Waals surface area contributed by atoms with Crippen molar-refractivity contribution in [2.75, 3.05) is 0 Å². The Morgan fingerprint density at radius 3 is 2.73 bits per heavy atom. The van der Waals surface area contributed by atoms with Crippen LogP contribution in [0.4, 0.5) is 4.79 Å². The van der Waals surface area contributed by atoms with Gasteiger partial charge in [0.25, 0.3) is 11.1 Å². The maximum atomic E-state index is 11.2. The lowest BCUT2D eigenvalue weighted by Crippen LogP contribution is -2.17. The van der Waals surface area contributed by atoms with E-state index in [-0.39, 0.29) is 16.4 Å². The van der Waals surface area contributed by atoms with Crippen molar-refractivity contribution < 1.29 is 19.1 Å². The van der Waals surface area contributed by atoms with Crippen LogP contribution in [0.15, 0.2) is 15.4 Å². The van der Waals surface area contributed by atoms with Crippen LogP contribution in [-0.4, -0.2) is 16.3 Å². The third kappa shape index (κ3) is 1.89. The fourth-order valence-corrected chi connectivity index (χ4v) is 1.82. The summed E-state index contributed by atoms with van der Waals surface area (Å²) < 4.78 is 5.13. The number of carbonyl (C=O) groups excluding carboxylic acids is 2. The Morgan fingerprint density at radius 1 is 1.53 bits per heavy atom. The van der Waals surface area contributed by atoms with Crippen molar-refractivity contribution in [2.45, 2.75) is 6.92 Å². The Morgan fingerprint density at radius 2 is 2.27 bits per heavy atom. The molecule has 2 rings (SSSR count). The molecule has 0 aromatic carbocycles. The SMILES string of the molecule is Cc1cc(O)c(/C=C2\SC(=O)NC2=O)o1. The summed E-state index contributed by atoms with van der Waals surface area (Å²) in [5, 5.41) is 11.1. The molecule has 1 aliphatic rings. The highest BCUT2D eigenvalue weighted by molar-refractivity contribution is 8.18. The van der Waals surface area contributed by atoms with Crippen molar-refractivity contribution >= 4 is 29.0 Å². The first-order valence-corrected chi connectivity index (χ1v) is 4.92. The lowest BCUT2D eigenvalue weighted by Gasteiger charge is -1.90. The highest BCUT2D eigenvalue weighted by Crippen LogP contribution is 2.30. The summed E-state index contributed by atoms with van der Waals surface area (Å²) in [6.45, 7) is 1.68. The number of aryl methyl sites for hydroxylation is 1. The van der Waals surface area contributed by atoms with Gasteiger partial charge in [0.05, 0.1) is 4.91 Å². The maximum Gasteiger partial charge on any atom is 0.290 e. The second-order valence-electron chi connectivity index (χ2n) is 2.96. The van der Waals surface area contributed by atoms with E-state index in [9.17, 15) is 14.7 Å². The molecule has 15 heavy (non-hydrogen) atoms. The molecule has 6 heteroatoms. The zero-order chi connectivity index (χ0) is 11.0. The lowest BCUT2D eigenvalue weighted by molar-refractivity contribution is -0.115. The molecular weight excluding hydrogens is 218 g/mol. The molecule has 1 aromatic heterocycles. The van der Waals surface area contributed by atoms with Gasteiger partial charge in [0, 0.05) is 12.1 Å². The van der Waals surface area contributed by atoms with Gasteiger partial charge in [0.15, 0.2) is 11.5 Å². The number of thioether (sulfide) groups is 1. The second kappa shape index (κ2) is 3.47. The monoisotopic (exact) mass is 225 g/mol. The van der Waals surface area contributed by atoms with Gasteiger partial charge in [-0.3, -0.25) is 14.9 Å². The maximum absolute atomic E-state index is 11.2. The number of furan rings is 1. The second-order valence-corrected chi connectivity index (χ2v) is 3.97. The summed E-state index contributed by atoms with van der Waals surface area (Å²) in [6.07, 6.45) is 1.34. The smallest absolute Gasteiger partial charge is 0.290 e. The fraction of sp³-hybridized carbons (Fsp3) is 0.111.